The van der Waals surface area contributed by atoms with E-state index in [4.69, 9.17) is 0 Å². The van der Waals surface area contributed by atoms with Crippen molar-refractivity contribution in [2.75, 3.05) is 25.5 Å². The van der Waals surface area contributed by atoms with Gasteiger partial charge in [-0.1, -0.05) is 0 Å². The van der Waals surface area contributed by atoms with Crippen molar-refractivity contribution in [2.45, 2.75) is 6.92 Å². The molecule has 0 saturated heterocycles. The monoisotopic (exact) mass is 272 g/mol. The third kappa shape index (κ3) is 4.53. The van der Waals surface area contributed by atoms with Crippen molar-refractivity contribution in [3.05, 3.63) is 29.8 Å². The first-order valence-electron chi connectivity index (χ1n) is 5.56. The molecule has 0 spiro atoms. The predicted molar refractivity (Wildman–Crippen MR) is 64.6 cm³/mol. The lowest BCUT2D eigenvalue weighted by Gasteiger charge is -2.16. The number of hydrogen-bond acceptors (Lipinski definition) is 3. The number of ether oxygens (including phenoxy) is 1. The van der Waals surface area contributed by atoms with Gasteiger partial charge in [-0.2, -0.15) is 0 Å². The summed E-state index contributed by atoms with van der Waals surface area (Å²) in [5.74, 6) is -2.08. The summed E-state index contributed by atoms with van der Waals surface area (Å²) in [6.45, 7) is 1.49. The van der Waals surface area contributed by atoms with E-state index in [1.165, 1.54) is 7.05 Å². The molecule has 0 aliphatic heterocycles. The summed E-state index contributed by atoms with van der Waals surface area (Å²) in [6.07, 6.45) is -0.669. The largest absolute Gasteiger partial charge is 0.450 e. The van der Waals surface area contributed by atoms with Crippen LogP contribution < -0.4 is 5.32 Å². The number of halogens is 2. The highest BCUT2D eigenvalue weighted by molar-refractivity contribution is 5.93. The fraction of sp³-hybridized carbons (Fsp3) is 0.333. The molecule has 0 saturated carbocycles. The van der Waals surface area contributed by atoms with Crippen LogP contribution >= 0.6 is 0 Å². The van der Waals surface area contributed by atoms with Crippen LogP contribution in [0, 0.1) is 11.6 Å². The zero-order chi connectivity index (χ0) is 14.4. The quantitative estimate of drug-likeness (QED) is 0.912. The van der Waals surface area contributed by atoms with Gasteiger partial charge >= 0.3 is 6.09 Å². The summed E-state index contributed by atoms with van der Waals surface area (Å²) in [5.41, 5.74) is -0.276. The average molecular weight is 272 g/mol. The Kier molecular flexibility index (Phi) is 5.23. The van der Waals surface area contributed by atoms with Crippen molar-refractivity contribution in [3.63, 3.8) is 0 Å². The van der Waals surface area contributed by atoms with Crippen molar-refractivity contribution in [2.24, 2.45) is 0 Å². The second-order valence-electron chi connectivity index (χ2n) is 3.73. The first kappa shape index (κ1) is 14.9. The van der Waals surface area contributed by atoms with Crippen molar-refractivity contribution in [1.29, 1.82) is 0 Å². The lowest BCUT2D eigenvalue weighted by atomic mass is 10.3. The van der Waals surface area contributed by atoms with Gasteiger partial charge < -0.3 is 15.0 Å². The van der Waals surface area contributed by atoms with E-state index in [9.17, 15) is 18.4 Å². The zero-order valence-corrected chi connectivity index (χ0v) is 10.6. The number of carbonyl (C=O) groups is 2. The van der Waals surface area contributed by atoms with E-state index in [1.807, 2.05) is 0 Å². The molecule has 0 bridgehead atoms. The Hall–Kier alpha value is -2.18. The van der Waals surface area contributed by atoms with Gasteiger partial charge in [0.1, 0.15) is 18.2 Å². The van der Waals surface area contributed by atoms with Crippen LogP contribution in [0.2, 0.25) is 0 Å². The molecular weight excluding hydrogens is 258 g/mol. The summed E-state index contributed by atoms with van der Waals surface area (Å²) in [7, 11) is 1.36. The number of nitrogens with zero attached hydrogens (tertiary/aromatic N) is 1. The SMILES string of the molecule is CCOC(=O)N(C)CC(=O)Nc1cc(F)ccc1F. The van der Waals surface area contributed by atoms with Gasteiger partial charge in [-0.3, -0.25) is 4.79 Å². The van der Waals surface area contributed by atoms with Crippen LogP contribution in [0.5, 0.6) is 0 Å². The number of likely N-dealkylation sites (N-methyl/N-ethyl adjacent to an activating group) is 1. The molecule has 0 aliphatic rings. The molecule has 2 amide bonds. The lowest BCUT2D eigenvalue weighted by Crippen LogP contribution is -2.35. The average Bonchev–Trinajstić information content (AvgIpc) is 2.34. The Balaban J connectivity index is 2.60. The van der Waals surface area contributed by atoms with E-state index in [2.05, 4.69) is 10.1 Å². The molecule has 1 N–H and O–H groups in total. The molecular formula is C12H14F2N2O3. The van der Waals surface area contributed by atoms with Gasteiger partial charge in [-0.25, -0.2) is 13.6 Å². The van der Waals surface area contributed by atoms with Crippen LogP contribution in [0.3, 0.4) is 0 Å². The van der Waals surface area contributed by atoms with Crippen molar-refractivity contribution in [1.82, 2.24) is 4.90 Å². The zero-order valence-electron chi connectivity index (χ0n) is 10.6. The van der Waals surface area contributed by atoms with E-state index in [0.717, 1.165) is 23.1 Å². The molecule has 5 nitrogen and oxygen atoms in total. The maximum Gasteiger partial charge on any atom is 0.409 e. The molecule has 0 heterocycles. The molecule has 7 heteroatoms. The number of carbonyl (C=O) groups excluding carboxylic acids is 2. The van der Waals surface area contributed by atoms with Gasteiger partial charge in [0.05, 0.1) is 12.3 Å². The number of rotatable bonds is 4. The predicted octanol–water partition coefficient (Wildman–Crippen LogP) is 1.99. The van der Waals surface area contributed by atoms with Gasteiger partial charge in [-0.05, 0) is 19.1 Å². The third-order valence-electron chi connectivity index (χ3n) is 2.16. The Bertz CT molecular complexity index is 480. The van der Waals surface area contributed by atoms with E-state index in [-0.39, 0.29) is 18.8 Å². The van der Waals surface area contributed by atoms with Crippen molar-refractivity contribution in [3.8, 4) is 0 Å². The van der Waals surface area contributed by atoms with E-state index >= 15 is 0 Å². The minimum absolute atomic E-state index is 0.184. The van der Waals surface area contributed by atoms with Gasteiger partial charge in [-0.15, -0.1) is 0 Å². The molecule has 104 valence electrons. The van der Waals surface area contributed by atoms with Gasteiger partial charge in [0.15, 0.2) is 0 Å². The summed E-state index contributed by atoms with van der Waals surface area (Å²) in [4.78, 5) is 23.8. The molecule has 0 fully saturated rings. The smallest absolute Gasteiger partial charge is 0.409 e. The van der Waals surface area contributed by atoms with Crippen LogP contribution in [0.1, 0.15) is 6.92 Å². The maximum atomic E-state index is 13.3. The molecule has 1 aromatic rings. The number of benzene rings is 1. The van der Waals surface area contributed by atoms with Crippen LogP contribution in [-0.4, -0.2) is 37.1 Å². The van der Waals surface area contributed by atoms with Gasteiger partial charge in [0, 0.05) is 13.1 Å². The maximum absolute atomic E-state index is 13.3. The molecule has 0 radical (unpaired) electrons. The third-order valence-corrected chi connectivity index (χ3v) is 2.16. The number of anilines is 1. The Labute approximate surface area is 109 Å². The molecule has 0 aromatic heterocycles. The fourth-order valence-electron chi connectivity index (χ4n) is 1.30. The number of nitrogens with one attached hydrogen (secondary N) is 1. The normalized spacial score (nSPS) is 9.89. The second-order valence-corrected chi connectivity index (χ2v) is 3.73. The molecule has 1 aromatic carbocycles. The van der Waals surface area contributed by atoms with Gasteiger partial charge in [0.25, 0.3) is 0 Å². The van der Waals surface area contributed by atoms with Crippen molar-refractivity contribution < 1.29 is 23.1 Å². The Morgan fingerprint density at radius 1 is 1.37 bits per heavy atom. The standard InChI is InChI=1S/C12H14F2N2O3/c1-3-19-12(18)16(2)7-11(17)15-10-6-8(13)4-5-9(10)14/h4-6H,3,7H2,1-2H3,(H,15,17). The van der Waals surface area contributed by atoms with E-state index in [1.54, 1.807) is 6.92 Å². The molecule has 1 rings (SSSR count). The van der Waals surface area contributed by atoms with Crippen LogP contribution in [-0.2, 0) is 9.53 Å². The first-order valence-corrected chi connectivity index (χ1v) is 5.56. The molecule has 0 aliphatic carbocycles. The van der Waals surface area contributed by atoms with E-state index < -0.39 is 23.6 Å². The Morgan fingerprint density at radius 3 is 2.68 bits per heavy atom. The minimum atomic E-state index is -0.756. The topological polar surface area (TPSA) is 58.6 Å². The summed E-state index contributed by atoms with van der Waals surface area (Å²) >= 11 is 0. The molecule has 0 unspecified atom stereocenters. The number of amides is 2. The van der Waals surface area contributed by atoms with Crippen LogP contribution in [0.15, 0.2) is 18.2 Å². The lowest BCUT2D eigenvalue weighted by molar-refractivity contribution is -0.116. The molecule has 19 heavy (non-hydrogen) atoms. The summed E-state index contributed by atoms with van der Waals surface area (Å²) < 4.78 is 30.8. The van der Waals surface area contributed by atoms with Crippen LogP contribution in [0.4, 0.5) is 19.3 Å². The second kappa shape index (κ2) is 6.67. The minimum Gasteiger partial charge on any atom is -0.450 e. The van der Waals surface area contributed by atoms with Crippen molar-refractivity contribution >= 4 is 17.7 Å². The molecule has 0 atom stereocenters. The van der Waals surface area contributed by atoms with Crippen LogP contribution in [0.25, 0.3) is 0 Å². The Morgan fingerprint density at radius 2 is 2.05 bits per heavy atom. The highest BCUT2D eigenvalue weighted by Gasteiger charge is 2.15. The van der Waals surface area contributed by atoms with Gasteiger partial charge in [0.2, 0.25) is 5.91 Å². The first-order chi connectivity index (χ1) is 8.93. The summed E-state index contributed by atoms with van der Waals surface area (Å²) in [5, 5.41) is 2.18. The highest BCUT2D eigenvalue weighted by atomic mass is 19.1. The van der Waals surface area contributed by atoms with E-state index in [0.29, 0.717) is 0 Å². The number of hydrogen-bond donors (Lipinski definition) is 1. The highest BCUT2D eigenvalue weighted by Crippen LogP contribution is 2.15. The summed E-state index contributed by atoms with van der Waals surface area (Å²) in [6, 6.07) is 2.70. The fourth-order valence-corrected chi connectivity index (χ4v) is 1.30.